The molecule has 0 bridgehead atoms. The highest BCUT2D eigenvalue weighted by Gasteiger charge is 2.23. The number of ether oxygens (including phenoxy) is 2. The van der Waals surface area contributed by atoms with E-state index >= 15 is 0 Å². The second-order valence-corrected chi connectivity index (χ2v) is 6.78. The summed E-state index contributed by atoms with van der Waals surface area (Å²) in [5, 5.41) is 11.8. The minimum Gasteiger partial charge on any atom is -0.493 e. The first kappa shape index (κ1) is 20.7. The van der Waals surface area contributed by atoms with E-state index in [1.165, 1.54) is 18.9 Å². The van der Waals surface area contributed by atoms with Crippen molar-refractivity contribution >= 4 is 23.6 Å². The molecule has 7 nitrogen and oxygen atoms in total. The molecule has 1 aromatic carbocycles. The van der Waals surface area contributed by atoms with Gasteiger partial charge in [0.2, 0.25) is 0 Å². The van der Waals surface area contributed by atoms with E-state index in [1.54, 1.807) is 38.3 Å². The molecule has 1 amide bonds. The second kappa shape index (κ2) is 9.36. The summed E-state index contributed by atoms with van der Waals surface area (Å²) in [6.07, 6.45) is 2.23. The zero-order valence-corrected chi connectivity index (χ0v) is 16.5. The number of carboxylic acid groups (broad SMARTS) is 1. The lowest BCUT2D eigenvalue weighted by atomic mass is 10.1. The number of amides is 1. The number of thioether (sulfide) groups is 1. The monoisotopic (exact) mass is 393 g/mol. The van der Waals surface area contributed by atoms with Crippen LogP contribution in [0.3, 0.4) is 0 Å². The molecular formula is C19H23NO6S. The van der Waals surface area contributed by atoms with Gasteiger partial charge < -0.3 is 24.3 Å². The van der Waals surface area contributed by atoms with Crippen LogP contribution in [0.25, 0.3) is 11.3 Å². The van der Waals surface area contributed by atoms with E-state index in [1.807, 2.05) is 6.26 Å². The number of carbonyl (C=O) groups is 2. The smallest absolute Gasteiger partial charge is 0.326 e. The fourth-order valence-corrected chi connectivity index (χ4v) is 3.04. The third-order valence-electron chi connectivity index (χ3n) is 4.04. The number of carboxylic acids is 1. The highest BCUT2D eigenvalue weighted by Crippen LogP contribution is 2.34. The van der Waals surface area contributed by atoms with Gasteiger partial charge in [-0.05, 0) is 49.6 Å². The fraction of sp³-hybridized carbons (Fsp3) is 0.368. The average molecular weight is 393 g/mol. The molecule has 0 radical (unpaired) electrons. The highest BCUT2D eigenvalue weighted by molar-refractivity contribution is 7.98. The third-order valence-corrected chi connectivity index (χ3v) is 4.69. The van der Waals surface area contributed by atoms with Crippen LogP contribution in [0.1, 0.15) is 22.5 Å². The molecule has 27 heavy (non-hydrogen) atoms. The minimum atomic E-state index is -1.06. The number of nitrogens with one attached hydrogen (secondary N) is 1. The van der Waals surface area contributed by atoms with E-state index in [9.17, 15) is 14.7 Å². The van der Waals surface area contributed by atoms with Crippen LogP contribution in [-0.2, 0) is 4.79 Å². The van der Waals surface area contributed by atoms with Crippen LogP contribution < -0.4 is 14.8 Å². The summed E-state index contributed by atoms with van der Waals surface area (Å²) < 4.78 is 16.2. The maximum absolute atomic E-state index is 12.5. The summed E-state index contributed by atoms with van der Waals surface area (Å²) >= 11 is 1.53. The van der Waals surface area contributed by atoms with Gasteiger partial charge in [-0.15, -0.1) is 0 Å². The first-order chi connectivity index (χ1) is 12.9. The van der Waals surface area contributed by atoms with Gasteiger partial charge in [0.1, 0.15) is 17.6 Å². The standard InChI is InChI=1S/C19H23NO6S/c1-11-13(18(21)20-14(19(22)23)7-8-27-4)10-16(26-11)12-5-6-15(24-2)17(9-12)25-3/h5-6,9-10,14H,7-8H2,1-4H3,(H,20,21)(H,22,23)/t14-/m1/s1. The Hall–Kier alpha value is -2.61. The molecule has 0 aliphatic heterocycles. The topological polar surface area (TPSA) is 98.0 Å². The molecule has 0 aliphatic rings. The number of hydrogen-bond donors (Lipinski definition) is 2. The molecule has 1 aromatic heterocycles. The van der Waals surface area contributed by atoms with E-state index < -0.39 is 17.9 Å². The molecule has 0 saturated carbocycles. The SMILES string of the molecule is COc1ccc(-c2cc(C(=O)N[C@H](CCSC)C(=O)O)c(C)o2)cc1OC. The van der Waals surface area contributed by atoms with Crippen LogP contribution in [-0.4, -0.2) is 49.3 Å². The summed E-state index contributed by atoms with van der Waals surface area (Å²) in [5.41, 5.74) is 1.02. The predicted octanol–water partition coefficient (Wildman–Crippen LogP) is 3.21. The number of benzene rings is 1. The molecule has 0 aliphatic carbocycles. The molecule has 2 N–H and O–H groups in total. The van der Waals surface area contributed by atoms with Crippen molar-refractivity contribution in [3.05, 3.63) is 35.6 Å². The molecule has 1 atom stereocenters. The molecular weight excluding hydrogens is 370 g/mol. The van der Waals surface area contributed by atoms with E-state index in [2.05, 4.69) is 5.32 Å². The van der Waals surface area contributed by atoms with Crippen LogP contribution in [0.4, 0.5) is 0 Å². The summed E-state index contributed by atoms with van der Waals surface area (Å²) in [6, 6.07) is 5.94. The summed E-state index contributed by atoms with van der Waals surface area (Å²) in [5.74, 6) is 1.12. The Kier molecular flexibility index (Phi) is 7.18. The van der Waals surface area contributed by atoms with Gasteiger partial charge in [0.05, 0.1) is 19.8 Å². The molecule has 8 heteroatoms. The number of methoxy groups -OCH3 is 2. The van der Waals surface area contributed by atoms with Gasteiger partial charge in [-0.25, -0.2) is 4.79 Å². The van der Waals surface area contributed by atoms with Crippen molar-refractivity contribution in [1.29, 1.82) is 0 Å². The van der Waals surface area contributed by atoms with Gasteiger partial charge in [0.25, 0.3) is 5.91 Å². The molecule has 0 spiro atoms. The van der Waals surface area contributed by atoms with E-state index in [4.69, 9.17) is 13.9 Å². The average Bonchev–Trinajstić information content (AvgIpc) is 3.05. The summed E-state index contributed by atoms with van der Waals surface area (Å²) in [4.78, 5) is 23.9. The molecule has 1 heterocycles. The Morgan fingerprint density at radius 2 is 1.93 bits per heavy atom. The zero-order chi connectivity index (χ0) is 20.0. The van der Waals surface area contributed by atoms with Crippen molar-refractivity contribution in [2.45, 2.75) is 19.4 Å². The van der Waals surface area contributed by atoms with E-state index in [-0.39, 0.29) is 0 Å². The predicted molar refractivity (Wildman–Crippen MR) is 104 cm³/mol. The van der Waals surface area contributed by atoms with Crippen molar-refractivity contribution < 1.29 is 28.6 Å². The molecule has 0 fully saturated rings. The third kappa shape index (κ3) is 4.97. The van der Waals surface area contributed by atoms with Crippen molar-refractivity contribution in [2.75, 3.05) is 26.2 Å². The zero-order valence-electron chi connectivity index (χ0n) is 15.7. The van der Waals surface area contributed by atoms with Crippen molar-refractivity contribution in [3.63, 3.8) is 0 Å². The maximum atomic E-state index is 12.5. The number of furan rings is 1. The van der Waals surface area contributed by atoms with Crippen molar-refractivity contribution in [3.8, 4) is 22.8 Å². The quantitative estimate of drug-likeness (QED) is 0.675. The van der Waals surface area contributed by atoms with E-state index in [0.29, 0.717) is 46.3 Å². The van der Waals surface area contributed by atoms with Gasteiger partial charge in [0.15, 0.2) is 11.5 Å². The second-order valence-electron chi connectivity index (χ2n) is 5.80. The molecule has 0 saturated heterocycles. The number of aliphatic carboxylic acids is 1. The van der Waals surface area contributed by atoms with Gasteiger partial charge in [0, 0.05) is 5.56 Å². The van der Waals surface area contributed by atoms with Crippen LogP contribution in [0.2, 0.25) is 0 Å². The van der Waals surface area contributed by atoms with Gasteiger partial charge in [-0.2, -0.15) is 11.8 Å². The molecule has 0 unspecified atom stereocenters. The number of carbonyl (C=O) groups excluding carboxylic acids is 1. The van der Waals surface area contributed by atoms with Crippen LogP contribution in [0, 0.1) is 6.92 Å². The Balaban J connectivity index is 2.25. The lowest BCUT2D eigenvalue weighted by Crippen LogP contribution is -2.41. The Labute approximate surface area is 162 Å². The first-order valence-electron chi connectivity index (χ1n) is 8.26. The number of hydrogen-bond acceptors (Lipinski definition) is 6. The van der Waals surface area contributed by atoms with Crippen LogP contribution in [0.15, 0.2) is 28.7 Å². The largest absolute Gasteiger partial charge is 0.493 e. The summed E-state index contributed by atoms with van der Waals surface area (Å²) in [6.45, 7) is 1.66. The summed E-state index contributed by atoms with van der Waals surface area (Å²) in [7, 11) is 3.08. The van der Waals surface area contributed by atoms with Gasteiger partial charge >= 0.3 is 5.97 Å². The lowest BCUT2D eigenvalue weighted by Gasteiger charge is -2.13. The first-order valence-corrected chi connectivity index (χ1v) is 9.66. The Bertz CT molecular complexity index is 817. The van der Waals surface area contributed by atoms with Crippen molar-refractivity contribution in [2.24, 2.45) is 0 Å². The molecule has 2 rings (SSSR count). The maximum Gasteiger partial charge on any atom is 0.326 e. The Morgan fingerprint density at radius 1 is 1.22 bits per heavy atom. The Morgan fingerprint density at radius 3 is 2.52 bits per heavy atom. The minimum absolute atomic E-state index is 0.301. The lowest BCUT2D eigenvalue weighted by molar-refractivity contribution is -0.139. The molecule has 2 aromatic rings. The van der Waals surface area contributed by atoms with Crippen LogP contribution in [0.5, 0.6) is 11.5 Å². The fourth-order valence-electron chi connectivity index (χ4n) is 2.57. The number of aryl methyl sites for hydroxylation is 1. The van der Waals surface area contributed by atoms with Gasteiger partial charge in [-0.1, -0.05) is 0 Å². The van der Waals surface area contributed by atoms with Crippen molar-refractivity contribution in [1.82, 2.24) is 5.32 Å². The van der Waals surface area contributed by atoms with Crippen LogP contribution >= 0.6 is 11.8 Å². The highest BCUT2D eigenvalue weighted by atomic mass is 32.2. The van der Waals surface area contributed by atoms with E-state index in [0.717, 1.165) is 0 Å². The molecule has 146 valence electrons. The van der Waals surface area contributed by atoms with Gasteiger partial charge in [-0.3, -0.25) is 4.79 Å². The normalized spacial score (nSPS) is 11.7. The number of rotatable bonds is 9.